The van der Waals surface area contributed by atoms with Crippen LogP contribution in [0.25, 0.3) is 11.1 Å². The summed E-state index contributed by atoms with van der Waals surface area (Å²) in [5.74, 6) is -2.55. The molecule has 0 bridgehead atoms. The van der Waals surface area contributed by atoms with Crippen molar-refractivity contribution in [3.05, 3.63) is 81.9 Å². The van der Waals surface area contributed by atoms with E-state index in [1.165, 1.54) is 25.3 Å². The molecule has 12 heteroatoms. The van der Waals surface area contributed by atoms with E-state index in [2.05, 4.69) is 0 Å². The number of rotatable bonds is 8. The minimum Gasteiger partial charge on any atom is -0.487 e. The zero-order valence-corrected chi connectivity index (χ0v) is 31.3. The number of halogens is 3. The summed E-state index contributed by atoms with van der Waals surface area (Å²) < 4.78 is 68.9. The molecule has 0 N–H and O–H groups in total. The first-order valence-corrected chi connectivity index (χ1v) is 18.9. The number of ether oxygens (including phenoxy) is 6. The first-order chi connectivity index (χ1) is 25.4. The Balaban J connectivity index is 1.28. The molecule has 3 heterocycles. The van der Waals surface area contributed by atoms with Gasteiger partial charge >= 0.3 is 12.1 Å². The maximum Gasteiger partial charge on any atom is 0.410 e. The number of nitrogens with zero attached hydrogens (tertiary/aromatic N) is 1. The molecule has 0 spiro atoms. The van der Waals surface area contributed by atoms with Crippen LogP contribution in [0.5, 0.6) is 11.5 Å². The number of benzene rings is 3. The number of hydrogen-bond donors (Lipinski definition) is 0. The smallest absolute Gasteiger partial charge is 0.410 e. The van der Waals surface area contributed by atoms with E-state index in [1.54, 1.807) is 25.7 Å². The van der Waals surface area contributed by atoms with Crippen molar-refractivity contribution in [1.29, 1.82) is 0 Å². The van der Waals surface area contributed by atoms with Gasteiger partial charge in [-0.05, 0) is 83.4 Å². The fourth-order valence-electron chi connectivity index (χ4n) is 8.23. The average Bonchev–Trinajstić information content (AvgIpc) is 3.89. The van der Waals surface area contributed by atoms with Gasteiger partial charge in [-0.15, -0.1) is 0 Å². The maximum atomic E-state index is 17.1. The van der Waals surface area contributed by atoms with Crippen LogP contribution in [-0.2, 0) is 31.0 Å². The standard InChI is InChI=1S/C41H46ClF2NO8/c1-40(2,3)53-39(47)45-19-10-13-32(45)41(24-11-6-5-7-12-24)23-28-31(52-41)22-29(43)36(42)34(28)35-27(38(46)48-4)17-18-30(37(35)44)50-25-15-16-26(21-25)51-33-14-8-9-20-49-33/h5-7,11-12,17-18,22,25-26,32-33H,8-10,13-16,19-21,23H2,1-4H3/t25-,26+,32-,33?,41-/m0/s1. The number of hydrogen-bond acceptors (Lipinski definition) is 8. The predicted octanol–water partition coefficient (Wildman–Crippen LogP) is 9.14. The Morgan fingerprint density at radius 2 is 1.74 bits per heavy atom. The topological polar surface area (TPSA) is 92.8 Å². The molecule has 2 saturated heterocycles. The lowest BCUT2D eigenvalue weighted by Crippen LogP contribution is -2.53. The highest BCUT2D eigenvalue weighted by atomic mass is 35.5. The molecule has 4 aliphatic rings. The number of methoxy groups -OCH3 is 1. The number of carbonyl (C=O) groups excluding carboxylic acids is 2. The van der Waals surface area contributed by atoms with Crippen LogP contribution in [-0.4, -0.2) is 67.4 Å². The van der Waals surface area contributed by atoms with E-state index in [0.29, 0.717) is 44.4 Å². The third kappa shape index (κ3) is 7.44. The summed E-state index contributed by atoms with van der Waals surface area (Å²) in [5.41, 5.74) is -1.27. The summed E-state index contributed by atoms with van der Waals surface area (Å²) in [7, 11) is 1.19. The number of carbonyl (C=O) groups is 2. The predicted molar refractivity (Wildman–Crippen MR) is 193 cm³/mol. The normalized spacial score (nSPS) is 25.5. The Bertz CT molecular complexity index is 1850. The molecule has 5 atom stereocenters. The third-order valence-corrected chi connectivity index (χ3v) is 10.9. The number of esters is 1. The number of amides is 1. The van der Waals surface area contributed by atoms with Gasteiger partial charge in [-0.1, -0.05) is 41.9 Å². The highest BCUT2D eigenvalue weighted by molar-refractivity contribution is 6.34. The molecule has 7 rings (SSSR count). The summed E-state index contributed by atoms with van der Waals surface area (Å²) in [6.45, 7) is 6.51. The average molecular weight is 754 g/mol. The first-order valence-electron chi connectivity index (χ1n) is 18.5. The Kier molecular flexibility index (Phi) is 10.6. The van der Waals surface area contributed by atoms with Crippen molar-refractivity contribution >= 4 is 23.7 Å². The molecule has 3 aromatic rings. The van der Waals surface area contributed by atoms with Crippen LogP contribution < -0.4 is 9.47 Å². The van der Waals surface area contributed by atoms with Gasteiger partial charge in [0.15, 0.2) is 23.5 Å². The molecule has 53 heavy (non-hydrogen) atoms. The third-order valence-electron chi connectivity index (χ3n) is 10.6. The first kappa shape index (κ1) is 37.4. The summed E-state index contributed by atoms with van der Waals surface area (Å²) in [6.07, 6.45) is 4.92. The maximum absolute atomic E-state index is 17.1. The van der Waals surface area contributed by atoms with Crippen LogP contribution in [0.3, 0.4) is 0 Å². The van der Waals surface area contributed by atoms with Crippen molar-refractivity contribution in [2.75, 3.05) is 20.3 Å². The lowest BCUT2D eigenvalue weighted by Gasteiger charge is -2.40. The highest BCUT2D eigenvalue weighted by Gasteiger charge is 2.54. The molecular formula is C41H46ClF2NO8. The molecule has 0 radical (unpaired) electrons. The van der Waals surface area contributed by atoms with Gasteiger partial charge in [0.05, 0.1) is 29.8 Å². The Morgan fingerprint density at radius 1 is 0.962 bits per heavy atom. The monoisotopic (exact) mass is 753 g/mol. The van der Waals surface area contributed by atoms with Crippen molar-refractivity contribution < 1.29 is 46.8 Å². The van der Waals surface area contributed by atoms with E-state index in [1.807, 2.05) is 30.3 Å². The van der Waals surface area contributed by atoms with Crippen LogP contribution in [0.2, 0.25) is 5.02 Å². The summed E-state index contributed by atoms with van der Waals surface area (Å²) >= 11 is 6.79. The van der Waals surface area contributed by atoms with Crippen LogP contribution >= 0.6 is 11.6 Å². The molecule has 1 amide bonds. The minimum absolute atomic E-state index is 0.0354. The largest absolute Gasteiger partial charge is 0.487 e. The molecule has 1 unspecified atom stereocenters. The van der Waals surface area contributed by atoms with E-state index < -0.39 is 40.9 Å². The van der Waals surface area contributed by atoms with Crippen molar-refractivity contribution in [2.24, 2.45) is 0 Å². The van der Waals surface area contributed by atoms with Gasteiger partial charge in [-0.2, -0.15) is 0 Å². The van der Waals surface area contributed by atoms with Crippen LogP contribution in [0.4, 0.5) is 13.6 Å². The van der Waals surface area contributed by atoms with Gasteiger partial charge in [-0.25, -0.2) is 18.4 Å². The molecule has 3 aromatic carbocycles. The summed E-state index contributed by atoms with van der Waals surface area (Å²) in [5, 5.41) is -0.380. The Morgan fingerprint density at radius 3 is 2.45 bits per heavy atom. The van der Waals surface area contributed by atoms with Gasteiger partial charge in [-0.3, -0.25) is 0 Å². The van der Waals surface area contributed by atoms with Gasteiger partial charge in [0.25, 0.3) is 0 Å². The van der Waals surface area contributed by atoms with Crippen molar-refractivity contribution in [3.63, 3.8) is 0 Å². The quantitative estimate of drug-likeness (QED) is 0.211. The van der Waals surface area contributed by atoms with E-state index >= 15 is 8.78 Å². The van der Waals surface area contributed by atoms with Gasteiger partial charge < -0.3 is 33.3 Å². The van der Waals surface area contributed by atoms with Crippen LogP contribution in [0.15, 0.2) is 48.5 Å². The number of fused-ring (bicyclic) bond motifs is 1. The second-order valence-corrected chi connectivity index (χ2v) is 15.7. The molecule has 3 aliphatic heterocycles. The van der Waals surface area contributed by atoms with Crippen molar-refractivity contribution in [1.82, 2.24) is 4.90 Å². The molecule has 3 fully saturated rings. The zero-order chi connectivity index (χ0) is 37.5. The van der Waals surface area contributed by atoms with E-state index in [9.17, 15) is 9.59 Å². The molecule has 1 aliphatic carbocycles. The van der Waals surface area contributed by atoms with E-state index in [-0.39, 0.29) is 58.1 Å². The highest BCUT2D eigenvalue weighted by Crippen LogP contribution is 2.54. The van der Waals surface area contributed by atoms with Gasteiger partial charge in [0.2, 0.25) is 0 Å². The number of likely N-dealkylation sites (tertiary alicyclic amines) is 1. The zero-order valence-electron chi connectivity index (χ0n) is 30.6. The Hall–Kier alpha value is -3.93. The molecule has 0 aromatic heterocycles. The van der Waals surface area contributed by atoms with Crippen LogP contribution in [0, 0.1) is 11.6 Å². The molecule has 1 saturated carbocycles. The van der Waals surface area contributed by atoms with E-state index in [4.69, 9.17) is 40.0 Å². The molecule has 9 nitrogen and oxygen atoms in total. The summed E-state index contributed by atoms with van der Waals surface area (Å²) in [4.78, 5) is 28.5. The Labute approximate surface area is 313 Å². The van der Waals surface area contributed by atoms with Crippen molar-refractivity contribution in [3.8, 4) is 22.6 Å². The summed E-state index contributed by atoms with van der Waals surface area (Å²) in [6, 6.07) is 12.8. The van der Waals surface area contributed by atoms with Crippen LogP contribution in [0.1, 0.15) is 93.6 Å². The second kappa shape index (κ2) is 15.1. The fourth-order valence-corrected chi connectivity index (χ4v) is 8.49. The SMILES string of the molecule is COC(=O)c1ccc(O[C@H]2CC[C@@H](OC3CCCCO3)C2)c(F)c1-c1c(Cl)c(F)cc2c1C[C@](c1ccccc1)([C@@H]1CCCN1C(=O)OC(C)(C)C)O2. The van der Waals surface area contributed by atoms with Crippen molar-refractivity contribution in [2.45, 2.75) is 114 Å². The van der Waals surface area contributed by atoms with E-state index in [0.717, 1.165) is 31.2 Å². The second-order valence-electron chi connectivity index (χ2n) is 15.3. The molecular weight excluding hydrogens is 708 g/mol. The lowest BCUT2D eigenvalue weighted by atomic mass is 9.79. The minimum atomic E-state index is -1.22. The fraction of sp³-hybridized carbons (Fsp3) is 0.512. The van der Waals surface area contributed by atoms with Gasteiger partial charge in [0, 0.05) is 48.8 Å². The van der Waals surface area contributed by atoms with Gasteiger partial charge in [0.1, 0.15) is 23.3 Å². The lowest BCUT2D eigenvalue weighted by molar-refractivity contribution is -0.187. The molecule has 284 valence electrons.